The van der Waals surface area contributed by atoms with E-state index < -0.39 is 11.3 Å². The topological polar surface area (TPSA) is 67.2 Å². The van der Waals surface area contributed by atoms with Gasteiger partial charge in [-0.3, -0.25) is 14.7 Å². The Labute approximate surface area is 133 Å². The molecule has 1 aromatic carbocycles. The summed E-state index contributed by atoms with van der Waals surface area (Å²) in [5.41, 5.74) is 3.92. The number of nitrogens with one attached hydrogen (secondary N) is 1. The van der Waals surface area contributed by atoms with E-state index >= 15 is 0 Å². The molecule has 0 spiro atoms. The standard InChI is InChI=1S/C17H18FN3O2/c1-10-13(3-2-4-14(10)18)17(16(22)20-23)7-11-9-19-21(12-5-6-12)15(11)8-17/h2-4,9,12,23H,5-8H2,1H3,(H,20,22)/t17-/m0/s1. The Morgan fingerprint density at radius 2 is 2.22 bits per heavy atom. The minimum absolute atomic E-state index is 0.340. The van der Waals surface area contributed by atoms with Crippen LogP contribution in [0.3, 0.4) is 0 Å². The second kappa shape index (κ2) is 4.89. The van der Waals surface area contributed by atoms with Crippen molar-refractivity contribution in [2.45, 2.75) is 44.1 Å². The Morgan fingerprint density at radius 3 is 2.91 bits per heavy atom. The molecule has 23 heavy (non-hydrogen) atoms. The summed E-state index contributed by atoms with van der Waals surface area (Å²) in [6.45, 7) is 1.67. The van der Waals surface area contributed by atoms with Gasteiger partial charge < -0.3 is 0 Å². The van der Waals surface area contributed by atoms with Crippen molar-refractivity contribution in [1.82, 2.24) is 15.3 Å². The second-order valence-electron chi connectivity index (χ2n) is 6.58. The quantitative estimate of drug-likeness (QED) is 0.674. The van der Waals surface area contributed by atoms with Crippen LogP contribution in [0, 0.1) is 12.7 Å². The van der Waals surface area contributed by atoms with E-state index in [4.69, 9.17) is 0 Å². The van der Waals surface area contributed by atoms with E-state index in [0.717, 1.165) is 24.1 Å². The first kappa shape index (κ1) is 14.4. The van der Waals surface area contributed by atoms with Crippen LogP contribution in [0.15, 0.2) is 24.4 Å². The summed E-state index contributed by atoms with van der Waals surface area (Å²) in [4.78, 5) is 12.6. The SMILES string of the molecule is Cc1c(F)cccc1[C@]1(C(=O)NO)Cc2cnn(C3CC3)c2C1. The van der Waals surface area contributed by atoms with Gasteiger partial charge in [0.15, 0.2) is 0 Å². The Bertz CT molecular complexity index is 797. The summed E-state index contributed by atoms with van der Waals surface area (Å²) in [6, 6.07) is 5.19. The third kappa shape index (κ3) is 2.01. The van der Waals surface area contributed by atoms with Crippen molar-refractivity contribution in [3.63, 3.8) is 0 Å². The van der Waals surface area contributed by atoms with E-state index in [1.807, 2.05) is 4.68 Å². The third-order valence-corrected chi connectivity index (χ3v) is 5.16. The number of carbonyl (C=O) groups excluding carboxylic acids is 1. The molecule has 1 atom stereocenters. The Morgan fingerprint density at radius 1 is 1.43 bits per heavy atom. The molecule has 2 N–H and O–H groups in total. The smallest absolute Gasteiger partial charge is 0.254 e. The zero-order chi connectivity index (χ0) is 16.2. The van der Waals surface area contributed by atoms with E-state index in [-0.39, 0.29) is 5.82 Å². The van der Waals surface area contributed by atoms with Crippen LogP contribution < -0.4 is 5.48 Å². The van der Waals surface area contributed by atoms with Crippen molar-refractivity contribution in [1.29, 1.82) is 0 Å². The van der Waals surface area contributed by atoms with Gasteiger partial charge in [0.1, 0.15) is 5.82 Å². The van der Waals surface area contributed by atoms with Crippen molar-refractivity contribution in [2.24, 2.45) is 0 Å². The Balaban J connectivity index is 1.84. The van der Waals surface area contributed by atoms with E-state index in [9.17, 15) is 14.4 Å². The largest absolute Gasteiger partial charge is 0.289 e. The molecule has 1 fully saturated rings. The van der Waals surface area contributed by atoms with Gasteiger partial charge in [-0.05, 0) is 48.9 Å². The predicted molar refractivity (Wildman–Crippen MR) is 80.7 cm³/mol. The maximum absolute atomic E-state index is 14.0. The molecule has 1 aromatic heterocycles. The molecule has 120 valence electrons. The molecule has 0 unspecified atom stereocenters. The van der Waals surface area contributed by atoms with Crippen LogP contribution >= 0.6 is 0 Å². The van der Waals surface area contributed by atoms with Gasteiger partial charge in [-0.2, -0.15) is 5.10 Å². The molecule has 6 heteroatoms. The van der Waals surface area contributed by atoms with Crippen LogP contribution in [0.5, 0.6) is 0 Å². The minimum atomic E-state index is -0.981. The lowest BCUT2D eigenvalue weighted by molar-refractivity contribution is -0.135. The highest BCUT2D eigenvalue weighted by atomic mass is 19.1. The Kier molecular flexibility index (Phi) is 3.06. The number of benzene rings is 1. The molecular weight excluding hydrogens is 297 g/mol. The number of hydroxylamine groups is 1. The molecule has 5 nitrogen and oxygen atoms in total. The molecule has 0 radical (unpaired) electrons. The average Bonchev–Trinajstić information content (AvgIpc) is 3.20. The first-order valence-corrected chi connectivity index (χ1v) is 7.82. The van der Waals surface area contributed by atoms with Gasteiger partial charge in [0.2, 0.25) is 0 Å². The molecule has 0 saturated heterocycles. The van der Waals surface area contributed by atoms with Crippen molar-refractivity contribution < 1.29 is 14.4 Å². The van der Waals surface area contributed by atoms with Crippen molar-refractivity contribution >= 4 is 5.91 Å². The van der Waals surface area contributed by atoms with Crippen LogP contribution in [0.4, 0.5) is 4.39 Å². The van der Waals surface area contributed by atoms with Gasteiger partial charge in [0.05, 0.1) is 17.7 Å². The number of carbonyl (C=O) groups is 1. The van der Waals surface area contributed by atoms with E-state index in [1.54, 1.807) is 30.7 Å². The van der Waals surface area contributed by atoms with E-state index in [0.29, 0.717) is 30.0 Å². The van der Waals surface area contributed by atoms with Crippen LogP contribution in [0.2, 0.25) is 0 Å². The number of halogens is 1. The first-order valence-electron chi connectivity index (χ1n) is 7.82. The van der Waals surface area contributed by atoms with Crippen molar-refractivity contribution in [3.8, 4) is 0 Å². The normalized spacial score (nSPS) is 22.9. The lowest BCUT2D eigenvalue weighted by Crippen LogP contribution is -2.45. The van der Waals surface area contributed by atoms with Crippen LogP contribution in [0.1, 0.15) is 41.3 Å². The predicted octanol–water partition coefficient (Wildman–Crippen LogP) is 2.21. The number of rotatable bonds is 3. The number of fused-ring (bicyclic) bond motifs is 1. The third-order valence-electron chi connectivity index (χ3n) is 5.16. The summed E-state index contributed by atoms with van der Waals surface area (Å²) in [7, 11) is 0. The highest BCUT2D eigenvalue weighted by Crippen LogP contribution is 2.45. The summed E-state index contributed by atoms with van der Waals surface area (Å²) >= 11 is 0. The number of amides is 1. The highest BCUT2D eigenvalue weighted by molar-refractivity contribution is 5.89. The van der Waals surface area contributed by atoms with Crippen molar-refractivity contribution in [3.05, 3.63) is 52.6 Å². The lowest BCUT2D eigenvalue weighted by Gasteiger charge is -2.29. The molecule has 1 heterocycles. The molecule has 2 aromatic rings. The van der Waals surface area contributed by atoms with E-state index in [1.165, 1.54) is 6.07 Å². The van der Waals surface area contributed by atoms with Crippen LogP contribution in [-0.2, 0) is 23.1 Å². The summed E-state index contributed by atoms with van der Waals surface area (Å²) < 4.78 is 16.0. The zero-order valence-electron chi connectivity index (χ0n) is 12.8. The lowest BCUT2D eigenvalue weighted by atomic mass is 9.75. The molecule has 0 bridgehead atoms. The molecule has 1 amide bonds. The maximum Gasteiger partial charge on any atom is 0.254 e. The molecule has 0 aliphatic heterocycles. The van der Waals surface area contributed by atoms with Gasteiger partial charge >= 0.3 is 0 Å². The monoisotopic (exact) mass is 315 g/mol. The van der Waals surface area contributed by atoms with Gasteiger partial charge in [-0.1, -0.05) is 12.1 Å². The highest BCUT2D eigenvalue weighted by Gasteiger charge is 2.49. The number of hydrogen-bond donors (Lipinski definition) is 2. The fourth-order valence-corrected chi connectivity index (χ4v) is 3.78. The van der Waals surface area contributed by atoms with Gasteiger partial charge in [0.25, 0.3) is 5.91 Å². The van der Waals surface area contributed by atoms with Gasteiger partial charge in [-0.15, -0.1) is 0 Å². The number of nitrogens with zero attached hydrogens (tertiary/aromatic N) is 2. The van der Waals surface area contributed by atoms with Gasteiger partial charge in [0, 0.05) is 12.1 Å². The minimum Gasteiger partial charge on any atom is -0.289 e. The fourth-order valence-electron chi connectivity index (χ4n) is 3.78. The van der Waals surface area contributed by atoms with Gasteiger partial charge in [-0.25, -0.2) is 9.87 Å². The summed E-state index contributed by atoms with van der Waals surface area (Å²) in [5, 5.41) is 13.7. The van der Waals surface area contributed by atoms with Crippen LogP contribution in [0.25, 0.3) is 0 Å². The van der Waals surface area contributed by atoms with Crippen LogP contribution in [-0.4, -0.2) is 20.9 Å². The summed E-state index contributed by atoms with van der Waals surface area (Å²) in [6.07, 6.45) is 4.86. The number of hydrogen-bond acceptors (Lipinski definition) is 3. The molecule has 1 saturated carbocycles. The van der Waals surface area contributed by atoms with E-state index in [2.05, 4.69) is 5.10 Å². The summed E-state index contributed by atoms with van der Waals surface area (Å²) in [5.74, 6) is -0.836. The zero-order valence-corrected chi connectivity index (χ0v) is 12.8. The molecule has 4 rings (SSSR count). The molecule has 2 aliphatic rings. The second-order valence-corrected chi connectivity index (χ2v) is 6.58. The number of aromatic nitrogens is 2. The Hall–Kier alpha value is -2.21. The maximum atomic E-state index is 14.0. The first-order chi connectivity index (χ1) is 11.1. The molecule has 2 aliphatic carbocycles. The van der Waals surface area contributed by atoms with Crippen molar-refractivity contribution in [2.75, 3.05) is 0 Å². The average molecular weight is 315 g/mol. The molecular formula is C17H18FN3O2. The fraction of sp³-hybridized carbons (Fsp3) is 0.412.